The zero-order valence-corrected chi connectivity index (χ0v) is 24.5. The van der Waals surface area contributed by atoms with Crippen molar-refractivity contribution in [3.63, 3.8) is 0 Å². The van der Waals surface area contributed by atoms with Crippen LogP contribution in [0.15, 0.2) is 58.8 Å². The van der Waals surface area contributed by atoms with E-state index in [2.05, 4.69) is 46.7 Å². The highest BCUT2D eigenvalue weighted by atomic mass is 33.1. The molecule has 0 aliphatic rings. The zero-order valence-electron chi connectivity index (χ0n) is 21.2. The van der Waals surface area contributed by atoms with Gasteiger partial charge >= 0.3 is 0 Å². The van der Waals surface area contributed by atoms with Gasteiger partial charge in [-0.25, -0.2) is 9.97 Å². The summed E-state index contributed by atoms with van der Waals surface area (Å²) in [6.07, 6.45) is 4.53. The summed E-state index contributed by atoms with van der Waals surface area (Å²) in [4.78, 5) is 32.8. The second kappa shape index (κ2) is 18.0. The van der Waals surface area contributed by atoms with Crippen molar-refractivity contribution in [3.8, 4) is 0 Å². The van der Waals surface area contributed by atoms with E-state index in [0.717, 1.165) is 34.6 Å². The molecule has 2 amide bonds. The predicted octanol–water partition coefficient (Wildman–Crippen LogP) is 4.92. The molecule has 198 valence electrons. The number of pyridine rings is 2. The number of hydrogen-bond acceptors (Lipinski definition) is 9. The van der Waals surface area contributed by atoms with E-state index in [1.165, 1.54) is 0 Å². The Balaban J connectivity index is 1.47. The van der Waals surface area contributed by atoms with Gasteiger partial charge in [0.05, 0.1) is 0 Å². The second-order valence-electron chi connectivity index (χ2n) is 9.13. The molecule has 7 nitrogen and oxygen atoms in total. The maximum absolute atomic E-state index is 12.2. The molecule has 2 aromatic rings. The molecule has 0 spiro atoms. The molecule has 0 aliphatic carbocycles. The third-order valence-electron chi connectivity index (χ3n) is 4.90. The summed E-state index contributed by atoms with van der Waals surface area (Å²) in [6, 6.07) is 11.6. The number of aromatic nitrogens is 2. The molecule has 1 unspecified atom stereocenters. The van der Waals surface area contributed by atoms with Crippen LogP contribution in [0.3, 0.4) is 0 Å². The quantitative estimate of drug-likeness (QED) is 0.171. The molecule has 11 heteroatoms. The second-order valence-corrected chi connectivity index (χ2v) is 14.0. The lowest BCUT2D eigenvalue weighted by atomic mass is 9.93. The summed E-state index contributed by atoms with van der Waals surface area (Å²) in [5.41, 5.74) is -0.0586. The van der Waals surface area contributed by atoms with Gasteiger partial charge in [0.1, 0.15) is 10.1 Å². The van der Waals surface area contributed by atoms with Crippen LogP contribution < -0.4 is 16.0 Å². The molecule has 0 fully saturated rings. The van der Waals surface area contributed by atoms with Crippen LogP contribution in [0.25, 0.3) is 0 Å². The standard InChI is InChI=1S/C25H37N5O2S4/c1-20(17-29-21(31)10-14-33-35-23-8-4-6-12-27-23)16-26-18-25(2,3)19-30-22(32)11-15-34-36-24-9-5-7-13-28-24/h4-9,12-13,20,26H,10-11,14-19H2,1-3H3,(H,29,31)(H,30,32). The number of nitrogens with zero attached hydrogens (tertiary/aromatic N) is 2. The van der Waals surface area contributed by atoms with Crippen LogP contribution in [0.4, 0.5) is 0 Å². The Hall–Kier alpha value is -1.40. The van der Waals surface area contributed by atoms with Gasteiger partial charge in [0.25, 0.3) is 0 Å². The van der Waals surface area contributed by atoms with Crippen LogP contribution >= 0.6 is 43.2 Å². The fourth-order valence-corrected chi connectivity index (χ4v) is 6.60. The number of hydrogen-bond donors (Lipinski definition) is 3. The van der Waals surface area contributed by atoms with E-state index in [1.807, 2.05) is 36.4 Å². The number of carbonyl (C=O) groups excluding carboxylic acids is 2. The maximum atomic E-state index is 12.2. The highest BCUT2D eigenvalue weighted by molar-refractivity contribution is 8.77. The van der Waals surface area contributed by atoms with Gasteiger partial charge in [-0.15, -0.1) is 0 Å². The van der Waals surface area contributed by atoms with Crippen LogP contribution in [0.2, 0.25) is 0 Å². The number of rotatable bonds is 18. The molecule has 0 saturated carbocycles. The summed E-state index contributed by atoms with van der Waals surface area (Å²) in [7, 11) is 6.47. The molecule has 2 aromatic heterocycles. The number of amides is 2. The van der Waals surface area contributed by atoms with Crippen molar-refractivity contribution in [2.45, 2.75) is 43.7 Å². The predicted molar refractivity (Wildman–Crippen MR) is 156 cm³/mol. The third-order valence-corrected chi connectivity index (χ3v) is 9.43. The number of nitrogens with one attached hydrogen (secondary N) is 3. The van der Waals surface area contributed by atoms with Gasteiger partial charge in [-0.05, 0) is 63.7 Å². The van der Waals surface area contributed by atoms with Crippen molar-refractivity contribution in [1.29, 1.82) is 0 Å². The maximum Gasteiger partial charge on any atom is 0.220 e. The van der Waals surface area contributed by atoms with Gasteiger partial charge in [-0.1, -0.05) is 54.5 Å². The van der Waals surface area contributed by atoms with Gasteiger partial charge in [0.2, 0.25) is 11.8 Å². The van der Waals surface area contributed by atoms with Gasteiger partial charge in [-0.2, -0.15) is 0 Å². The Morgan fingerprint density at radius 2 is 1.39 bits per heavy atom. The van der Waals surface area contributed by atoms with Crippen LogP contribution in [0.5, 0.6) is 0 Å². The first-order valence-corrected chi connectivity index (χ1v) is 16.6. The van der Waals surface area contributed by atoms with E-state index in [-0.39, 0.29) is 17.2 Å². The van der Waals surface area contributed by atoms with Crippen LogP contribution in [0.1, 0.15) is 33.6 Å². The zero-order chi connectivity index (χ0) is 26.1. The van der Waals surface area contributed by atoms with Crippen molar-refractivity contribution in [2.75, 3.05) is 37.7 Å². The summed E-state index contributed by atoms with van der Waals surface area (Å²) < 4.78 is 0. The molecule has 0 aromatic carbocycles. The first-order valence-electron chi connectivity index (χ1n) is 12.0. The summed E-state index contributed by atoms with van der Waals surface area (Å²) in [6.45, 7) is 9.26. The van der Waals surface area contributed by atoms with E-state index in [1.54, 1.807) is 55.6 Å². The molecule has 2 heterocycles. The smallest absolute Gasteiger partial charge is 0.220 e. The normalized spacial score (nSPS) is 12.2. The average molecular weight is 568 g/mol. The van der Waals surface area contributed by atoms with Gasteiger partial charge in [0.15, 0.2) is 0 Å². The highest BCUT2D eigenvalue weighted by Gasteiger charge is 2.19. The van der Waals surface area contributed by atoms with Gasteiger partial charge in [-0.3, -0.25) is 9.59 Å². The first kappa shape index (κ1) is 30.8. The van der Waals surface area contributed by atoms with Crippen molar-refractivity contribution in [1.82, 2.24) is 25.9 Å². The monoisotopic (exact) mass is 567 g/mol. The highest BCUT2D eigenvalue weighted by Crippen LogP contribution is 2.30. The molecule has 0 bridgehead atoms. The molecule has 0 saturated heterocycles. The summed E-state index contributed by atoms with van der Waals surface area (Å²) in [5.74, 6) is 1.97. The van der Waals surface area contributed by atoms with Gasteiger partial charge in [0, 0.05) is 56.4 Å². The largest absolute Gasteiger partial charge is 0.356 e. The minimum atomic E-state index is -0.0586. The third kappa shape index (κ3) is 15.0. The minimum Gasteiger partial charge on any atom is -0.356 e. The molecule has 1 atom stereocenters. The van der Waals surface area contributed by atoms with E-state index >= 15 is 0 Å². The van der Waals surface area contributed by atoms with Crippen molar-refractivity contribution < 1.29 is 9.59 Å². The Kier molecular flexibility index (Phi) is 15.4. The SMILES string of the molecule is CC(CNCC(C)(C)CNC(=O)CCSSc1ccccn1)CNC(=O)CCSSc1ccccn1. The molecule has 2 rings (SSSR count). The van der Waals surface area contributed by atoms with E-state index in [0.29, 0.717) is 31.8 Å². The molecule has 36 heavy (non-hydrogen) atoms. The lowest BCUT2D eigenvalue weighted by Crippen LogP contribution is -2.42. The topological polar surface area (TPSA) is 96.0 Å². The van der Waals surface area contributed by atoms with E-state index in [4.69, 9.17) is 0 Å². The van der Waals surface area contributed by atoms with E-state index < -0.39 is 0 Å². The summed E-state index contributed by atoms with van der Waals surface area (Å²) >= 11 is 0. The molecule has 0 radical (unpaired) electrons. The Morgan fingerprint density at radius 1 is 0.833 bits per heavy atom. The lowest BCUT2D eigenvalue weighted by Gasteiger charge is -2.26. The summed E-state index contributed by atoms with van der Waals surface area (Å²) in [5, 5.41) is 11.5. The number of carbonyl (C=O) groups is 2. The lowest BCUT2D eigenvalue weighted by molar-refractivity contribution is -0.121. The fraction of sp³-hybridized carbons (Fsp3) is 0.520. The van der Waals surface area contributed by atoms with Crippen molar-refractivity contribution in [3.05, 3.63) is 48.8 Å². The molecular weight excluding hydrogens is 531 g/mol. The van der Waals surface area contributed by atoms with Gasteiger partial charge < -0.3 is 16.0 Å². The van der Waals surface area contributed by atoms with Crippen molar-refractivity contribution >= 4 is 55.0 Å². The Bertz CT molecular complexity index is 891. The fourth-order valence-electron chi connectivity index (χ4n) is 2.86. The molecular formula is C25H37N5O2S4. The minimum absolute atomic E-state index is 0.0586. The van der Waals surface area contributed by atoms with Crippen LogP contribution in [-0.4, -0.2) is 59.5 Å². The Morgan fingerprint density at radius 3 is 1.92 bits per heavy atom. The molecule has 3 N–H and O–H groups in total. The Labute approximate surface area is 231 Å². The average Bonchev–Trinajstić information content (AvgIpc) is 2.88. The van der Waals surface area contributed by atoms with Crippen molar-refractivity contribution in [2.24, 2.45) is 11.3 Å². The van der Waals surface area contributed by atoms with Crippen LogP contribution in [-0.2, 0) is 9.59 Å². The van der Waals surface area contributed by atoms with E-state index in [9.17, 15) is 9.59 Å². The first-order chi connectivity index (χ1) is 17.3. The van der Waals surface area contributed by atoms with Crippen LogP contribution in [0, 0.1) is 11.3 Å². The molecule has 0 aliphatic heterocycles.